The third-order valence-corrected chi connectivity index (χ3v) is 2.53. The first-order chi connectivity index (χ1) is 8.98. The van der Waals surface area contributed by atoms with Crippen LogP contribution >= 0.6 is 0 Å². The SMILES string of the molecule is COc1cc(-c2noc(CCC(C)(C)N)n2)ncn1. The Morgan fingerprint density at radius 1 is 1.37 bits per heavy atom. The number of rotatable bonds is 5. The number of ether oxygens (including phenoxy) is 1. The molecule has 0 unspecified atom stereocenters. The van der Waals surface area contributed by atoms with Crippen LogP contribution in [0.5, 0.6) is 5.88 Å². The third kappa shape index (κ3) is 3.72. The lowest BCUT2D eigenvalue weighted by Gasteiger charge is -2.16. The Hall–Kier alpha value is -2.02. The van der Waals surface area contributed by atoms with Gasteiger partial charge in [0.15, 0.2) is 0 Å². The van der Waals surface area contributed by atoms with Crippen molar-refractivity contribution in [1.82, 2.24) is 20.1 Å². The van der Waals surface area contributed by atoms with E-state index in [0.29, 0.717) is 29.7 Å². The van der Waals surface area contributed by atoms with Gasteiger partial charge in [0.1, 0.15) is 12.0 Å². The molecule has 2 aromatic rings. The molecule has 0 amide bonds. The molecule has 2 heterocycles. The summed E-state index contributed by atoms with van der Waals surface area (Å²) in [6, 6.07) is 1.65. The average molecular weight is 263 g/mol. The van der Waals surface area contributed by atoms with Gasteiger partial charge in [0.25, 0.3) is 0 Å². The summed E-state index contributed by atoms with van der Waals surface area (Å²) in [6.07, 6.45) is 2.80. The molecule has 2 N–H and O–H groups in total. The predicted molar refractivity (Wildman–Crippen MR) is 68.5 cm³/mol. The van der Waals surface area contributed by atoms with E-state index in [1.54, 1.807) is 6.07 Å². The highest BCUT2D eigenvalue weighted by Crippen LogP contribution is 2.17. The number of nitrogens with zero attached hydrogens (tertiary/aromatic N) is 4. The van der Waals surface area contributed by atoms with E-state index in [1.807, 2.05) is 13.8 Å². The van der Waals surface area contributed by atoms with Crippen LogP contribution in [0, 0.1) is 0 Å². The van der Waals surface area contributed by atoms with E-state index < -0.39 is 0 Å². The highest BCUT2D eigenvalue weighted by Gasteiger charge is 2.15. The molecule has 7 nitrogen and oxygen atoms in total. The van der Waals surface area contributed by atoms with Crippen LogP contribution in [0.4, 0.5) is 0 Å². The Balaban J connectivity index is 2.12. The molecule has 2 rings (SSSR count). The van der Waals surface area contributed by atoms with Crippen LogP contribution in [0.3, 0.4) is 0 Å². The first-order valence-corrected chi connectivity index (χ1v) is 5.96. The minimum absolute atomic E-state index is 0.257. The van der Waals surface area contributed by atoms with Crippen molar-refractivity contribution < 1.29 is 9.26 Å². The molecule has 0 fully saturated rings. The molecule has 0 saturated carbocycles. The van der Waals surface area contributed by atoms with Crippen LogP contribution in [0.15, 0.2) is 16.9 Å². The van der Waals surface area contributed by atoms with E-state index in [2.05, 4.69) is 20.1 Å². The van der Waals surface area contributed by atoms with E-state index in [1.165, 1.54) is 13.4 Å². The zero-order chi connectivity index (χ0) is 13.9. The lowest BCUT2D eigenvalue weighted by Crippen LogP contribution is -2.32. The van der Waals surface area contributed by atoms with Gasteiger partial charge >= 0.3 is 0 Å². The van der Waals surface area contributed by atoms with Gasteiger partial charge in [0.2, 0.25) is 17.6 Å². The second-order valence-electron chi connectivity index (χ2n) is 4.95. The van der Waals surface area contributed by atoms with E-state index in [0.717, 1.165) is 6.42 Å². The van der Waals surface area contributed by atoms with E-state index in [-0.39, 0.29) is 5.54 Å². The van der Waals surface area contributed by atoms with Gasteiger partial charge in [-0.2, -0.15) is 4.98 Å². The standard InChI is InChI=1S/C12H17N5O2/c1-12(2,13)5-4-9-16-11(17-19-9)8-6-10(18-3)15-7-14-8/h6-7H,4-5,13H2,1-3H3. The summed E-state index contributed by atoms with van der Waals surface area (Å²) in [5.74, 6) is 1.43. The van der Waals surface area contributed by atoms with Crippen molar-refractivity contribution in [2.45, 2.75) is 32.2 Å². The number of hydrogen-bond acceptors (Lipinski definition) is 7. The topological polar surface area (TPSA) is 100.0 Å². The fourth-order valence-corrected chi connectivity index (χ4v) is 1.46. The highest BCUT2D eigenvalue weighted by atomic mass is 16.5. The summed E-state index contributed by atoms with van der Waals surface area (Å²) in [4.78, 5) is 12.3. The summed E-state index contributed by atoms with van der Waals surface area (Å²) in [6.45, 7) is 3.92. The minimum atomic E-state index is -0.257. The van der Waals surface area contributed by atoms with Crippen molar-refractivity contribution in [2.24, 2.45) is 5.73 Å². The van der Waals surface area contributed by atoms with Crippen molar-refractivity contribution in [1.29, 1.82) is 0 Å². The van der Waals surface area contributed by atoms with Crippen LogP contribution in [0.25, 0.3) is 11.5 Å². The maximum Gasteiger partial charge on any atom is 0.227 e. The van der Waals surface area contributed by atoms with Crippen LogP contribution in [0.1, 0.15) is 26.2 Å². The first kappa shape index (κ1) is 13.4. The molecule has 0 aliphatic rings. The summed E-state index contributed by atoms with van der Waals surface area (Å²) in [5.41, 5.74) is 6.22. The van der Waals surface area contributed by atoms with Gasteiger partial charge in [0, 0.05) is 18.0 Å². The molecule has 0 aliphatic heterocycles. The zero-order valence-electron chi connectivity index (χ0n) is 11.3. The molecule has 0 radical (unpaired) electrons. The average Bonchev–Trinajstić information content (AvgIpc) is 2.84. The summed E-state index contributed by atoms with van der Waals surface area (Å²) in [5, 5.41) is 3.89. The smallest absolute Gasteiger partial charge is 0.227 e. The molecule has 7 heteroatoms. The number of aromatic nitrogens is 4. The minimum Gasteiger partial charge on any atom is -0.481 e. The molecule has 0 spiro atoms. The summed E-state index contributed by atoms with van der Waals surface area (Å²) in [7, 11) is 1.54. The van der Waals surface area contributed by atoms with Crippen molar-refractivity contribution in [3.05, 3.63) is 18.3 Å². The maximum absolute atomic E-state index is 5.91. The monoisotopic (exact) mass is 263 g/mol. The Bertz CT molecular complexity index is 547. The van der Waals surface area contributed by atoms with Gasteiger partial charge in [-0.3, -0.25) is 0 Å². The lowest BCUT2D eigenvalue weighted by molar-refractivity contribution is 0.358. The number of aryl methyl sites for hydroxylation is 1. The van der Waals surface area contributed by atoms with E-state index >= 15 is 0 Å². The molecule has 0 aromatic carbocycles. The number of methoxy groups -OCH3 is 1. The second kappa shape index (κ2) is 5.31. The first-order valence-electron chi connectivity index (χ1n) is 5.96. The fraction of sp³-hybridized carbons (Fsp3) is 0.500. The molecular formula is C12H17N5O2. The van der Waals surface area contributed by atoms with Crippen molar-refractivity contribution >= 4 is 0 Å². The number of nitrogens with two attached hydrogens (primary N) is 1. The van der Waals surface area contributed by atoms with Crippen molar-refractivity contribution in [3.63, 3.8) is 0 Å². The summed E-state index contributed by atoms with van der Waals surface area (Å²) < 4.78 is 10.2. The Morgan fingerprint density at radius 3 is 2.84 bits per heavy atom. The molecule has 0 bridgehead atoms. The Morgan fingerprint density at radius 2 is 2.16 bits per heavy atom. The lowest BCUT2D eigenvalue weighted by atomic mass is 10.0. The van der Waals surface area contributed by atoms with Gasteiger partial charge < -0.3 is 15.0 Å². The molecule has 19 heavy (non-hydrogen) atoms. The van der Waals surface area contributed by atoms with E-state index in [4.69, 9.17) is 15.0 Å². The van der Waals surface area contributed by atoms with Crippen molar-refractivity contribution in [2.75, 3.05) is 7.11 Å². The third-order valence-electron chi connectivity index (χ3n) is 2.53. The van der Waals surface area contributed by atoms with Gasteiger partial charge in [0.05, 0.1) is 7.11 Å². The fourth-order valence-electron chi connectivity index (χ4n) is 1.46. The van der Waals surface area contributed by atoms with Crippen LogP contribution < -0.4 is 10.5 Å². The van der Waals surface area contributed by atoms with E-state index in [9.17, 15) is 0 Å². The molecule has 0 aliphatic carbocycles. The Kier molecular flexibility index (Phi) is 3.75. The second-order valence-corrected chi connectivity index (χ2v) is 4.95. The molecular weight excluding hydrogens is 246 g/mol. The van der Waals surface area contributed by atoms with Crippen LogP contribution in [-0.2, 0) is 6.42 Å². The van der Waals surface area contributed by atoms with Gasteiger partial charge in [-0.25, -0.2) is 9.97 Å². The predicted octanol–water partition coefficient (Wildman–Crippen LogP) is 1.21. The number of hydrogen-bond donors (Lipinski definition) is 1. The molecule has 2 aromatic heterocycles. The van der Waals surface area contributed by atoms with Gasteiger partial charge in [-0.15, -0.1) is 0 Å². The zero-order valence-corrected chi connectivity index (χ0v) is 11.3. The normalized spacial score (nSPS) is 11.6. The largest absolute Gasteiger partial charge is 0.481 e. The molecule has 0 atom stereocenters. The highest BCUT2D eigenvalue weighted by molar-refractivity contribution is 5.49. The molecule has 102 valence electrons. The quantitative estimate of drug-likeness (QED) is 0.865. The molecule has 0 saturated heterocycles. The van der Waals surface area contributed by atoms with Gasteiger partial charge in [-0.05, 0) is 20.3 Å². The summed E-state index contributed by atoms with van der Waals surface area (Å²) >= 11 is 0. The van der Waals surface area contributed by atoms with Crippen molar-refractivity contribution in [3.8, 4) is 17.4 Å². The van der Waals surface area contributed by atoms with Crippen LogP contribution in [-0.4, -0.2) is 32.8 Å². The maximum atomic E-state index is 5.91. The Labute approximate surface area is 111 Å². The van der Waals surface area contributed by atoms with Crippen LogP contribution in [0.2, 0.25) is 0 Å². The van der Waals surface area contributed by atoms with Gasteiger partial charge in [-0.1, -0.05) is 5.16 Å².